The van der Waals surface area contributed by atoms with E-state index in [1.807, 2.05) is 5.32 Å². The quantitative estimate of drug-likeness (QED) is 0.365. The van der Waals surface area contributed by atoms with Crippen LogP contribution in [0.2, 0.25) is 0 Å². The van der Waals surface area contributed by atoms with Gasteiger partial charge in [0.05, 0.1) is 6.42 Å². The van der Waals surface area contributed by atoms with Crippen LogP contribution in [0.1, 0.15) is 6.42 Å². The van der Waals surface area contributed by atoms with E-state index >= 15 is 0 Å². The molecule has 0 aromatic heterocycles. The van der Waals surface area contributed by atoms with Gasteiger partial charge in [-0.15, -0.1) is 0 Å². The molecule has 3 N–H and O–H groups in total. The SMILES string of the molecule is C=CC(=O)OC1CC(=O)NC1=O.C=CC(N)=O. The van der Waals surface area contributed by atoms with Crippen molar-refractivity contribution in [2.75, 3.05) is 0 Å². The van der Waals surface area contributed by atoms with Crippen molar-refractivity contribution in [2.45, 2.75) is 12.5 Å². The molecule has 1 aliphatic rings. The summed E-state index contributed by atoms with van der Waals surface area (Å²) in [5, 5.41) is 2.01. The van der Waals surface area contributed by atoms with Crippen LogP contribution in [-0.4, -0.2) is 29.8 Å². The predicted molar refractivity (Wildman–Crippen MR) is 57.2 cm³/mol. The zero-order valence-electron chi connectivity index (χ0n) is 8.97. The summed E-state index contributed by atoms with van der Waals surface area (Å²) in [6.45, 7) is 6.24. The lowest BCUT2D eigenvalue weighted by molar-refractivity contribution is -0.149. The molecule has 0 saturated carbocycles. The van der Waals surface area contributed by atoms with Gasteiger partial charge in [0.15, 0.2) is 6.10 Å². The summed E-state index contributed by atoms with van der Waals surface area (Å²) in [5.41, 5.74) is 4.53. The lowest BCUT2D eigenvalue weighted by atomic mass is 10.3. The molecule has 0 aliphatic carbocycles. The Kier molecular flexibility index (Phi) is 5.94. The standard InChI is InChI=1S/C7H7NO4.C3H5NO/c1-2-6(10)12-4-3-5(9)8-7(4)11;1-2-3(4)5/h2,4H,1,3H2,(H,8,9,11);2H,1H2,(H2,4,5). The average molecular weight is 240 g/mol. The van der Waals surface area contributed by atoms with Crippen LogP contribution in [0, 0.1) is 0 Å². The third-order valence-corrected chi connectivity index (χ3v) is 1.55. The molecule has 0 aromatic carbocycles. The molecule has 0 aromatic rings. The van der Waals surface area contributed by atoms with E-state index < -0.39 is 29.8 Å². The molecular weight excluding hydrogens is 228 g/mol. The van der Waals surface area contributed by atoms with Crippen LogP contribution < -0.4 is 11.1 Å². The summed E-state index contributed by atoms with van der Waals surface area (Å²) in [4.78, 5) is 41.4. The molecule has 1 atom stereocenters. The summed E-state index contributed by atoms with van der Waals surface area (Å²) in [7, 11) is 0. The van der Waals surface area contributed by atoms with Crippen molar-refractivity contribution < 1.29 is 23.9 Å². The molecule has 0 bridgehead atoms. The number of nitrogens with one attached hydrogen (secondary N) is 1. The van der Waals surface area contributed by atoms with Crippen LogP contribution in [0.3, 0.4) is 0 Å². The number of amides is 3. The summed E-state index contributed by atoms with van der Waals surface area (Å²) in [6, 6.07) is 0. The number of ether oxygens (including phenoxy) is 1. The second-order valence-electron chi connectivity index (χ2n) is 2.85. The van der Waals surface area contributed by atoms with Gasteiger partial charge in [0.2, 0.25) is 11.8 Å². The molecule has 0 spiro atoms. The number of rotatable bonds is 3. The first-order chi connectivity index (χ1) is 7.90. The fourth-order valence-corrected chi connectivity index (χ4v) is 0.814. The maximum atomic E-state index is 10.8. The van der Waals surface area contributed by atoms with Crippen molar-refractivity contribution in [1.82, 2.24) is 5.32 Å². The molecule has 3 amide bonds. The van der Waals surface area contributed by atoms with Gasteiger partial charge in [0.25, 0.3) is 5.91 Å². The molecular formula is C10H12N2O5. The Morgan fingerprint density at radius 2 is 1.88 bits per heavy atom. The molecule has 92 valence electrons. The first kappa shape index (κ1) is 14.6. The van der Waals surface area contributed by atoms with Crippen molar-refractivity contribution >= 4 is 23.7 Å². The first-order valence-electron chi connectivity index (χ1n) is 4.49. The molecule has 7 nitrogen and oxygen atoms in total. The zero-order chi connectivity index (χ0) is 13.4. The molecule has 1 rings (SSSR count). The Labute approximate surface area is 97.3 Å². The van der Waals surface area contributed by atoms with Crippen molar-refractivity contribution in [3.63, 3.8) is 0 Å². The summed E-state index contributed by atoms with van der Waals surface area (Å²) in [6.07, 6.45) is 0.914. The highest BCUT2D eigenvalue weighted by molar-refractivity contribution is 6.05. The van der Waals surface area contributed by atoms with Crippen molar-refractivity contribution in [3.05, 3.63) is 25.3 Å². The maximum Gasteiger partial charge on any atom is 0.330 e. The molecule has 1 heterocycles. The number of nitrogens with two attached hydrogens (primary N) is 1. The van der Waals surface area contributed by atoms with E-state index in [1.54, 1.807) is 0 Å². The van der Waals surface area contributed by atoms with Gasteiger partial charge >= 0.3 is 5.97 Å². The number of esters is 1. The van der Waals surface area contributed by atoms with E-state index in [-0.39, 0.29) is 6.42 Å². The van der Waals surface area contributed by atoms with Crippen LogP contribution in [0.4, 0.5) is 0 Å². The molecule has 7 heteroatoms. The van der Waals surface area contributed by atoms with E-state index in [1.165, 1.54) is 0 Å². The normalized spacial score (nSPS) is 17.3. The van der Waals surface area contributed by atoms with E-state index in [0.717, 1.165) is 12.2 Å². The molecule has 17 heavy (non-hydrogen) atoms. The average Bonchev–Trinajstić information content (AvgIpc) is 2.58. The highest BCUT2D eigenvalue weighted by atomic mass is 16.5. The summed E-state index contributed by atoms with van der Waals surface area (Å²) in [5.74, 6) is -2.19. The topological polar surface area (TPSA) is 116 Å². The van der Waals surface area contributed by atoms with Crippen molar-refractivity contribution in [3.8, 4) is 0 Å². The van der Waals surface area contributed by atoms with E-state index in [4.69, 9.17) is 0 Å². The van der Waals surface area contributed by atoms with Gasteiger partial charge < -0.3 is 10.5 Å². The van der Waals surface area contributed by atoms with Crippen molar-refractivity contribution in [2.24, 2.45) is 5.73 Å². The number of primary amides is 1. The van der Waals surface area contributed by atoms with E-state index in [9.17, 15) is 19.2 Å². The molecule has 0 radical (unpaired) electrons. The Morgan fingerprint density at radius 1 is 1.35 bits per heavy atom. The second kappa shape index (κ2) is 6.94. The molecule has 1 fully saturated rings. The number of carbonyl (C=O) groups excluding carboxylic acids is 4. The van der Waals surface area contributed by atoms with Gasteiger partial charge in [-0.25, -0.2) is 4.79 Å². The minimum Gasteiger partial charge on any atom is -0.449 e. The Morgan fingerprint density at radius 3 is 2.18 bits per heavy atom. The largest absolute Gasteiger partial charge is 0.449 e. The maximum absolute atomic E-state index is 10.8. The predicted octanol–water partition coefficient (Wildman–Crippen LogP) is -1.21. The Balaban J connectivity index is 0.000000437. The summed E-state index contributed by atoms with van der Waals surface area (Å²) >= 11 is 0. The van der Waals surface area contributed by atoms with Gasteiger partial charge in [-0.3, -0.25) is 19.7 Å². The minimum absolute atomic E-state index is 0.0988. The van der Waals surface area contributed by atoms with Crippen LogP contribution >= 0.6 is 0 Å². The molecule has 1 aliphatic heterocycles. The van der Waals surface area contributed by atoms with E-state index in [0.29, 0.717) is 0 Å². The highest BCUT2D eigenvalue weighted by Crippen LogP contribution is 2.06. The number of hydrogen-bond donors (Lipinski definition) is 2. The molecule has 1 saturated heterocycles. The van der Waals surface area contributed by atoms with Gasteiger partial charge in [-0.2, -0.15) is 0 Å². The Hall–Kier alpha value is -2.44. The van der Waals surface area contributed by atoms with Crippen LogP contribution in [0.5, 0.6) is 0 Å². The third kappa shape index (κ3) is 5.88. The highest BCUT2D eigenvalue weighted by Gasteiger charge is 2.33. The lowest BCUT2D eigenvalue weighted by Crippen LogP contribution is -2.27. The second-order valence-corrected chi connectivity index (χ2v) is 2.85. The van der Waals surface area contributed by atoms with Crippen molar-refractivity contribution in [1.29, 1.82) is 0 Å². The van der Waals surface area contributed by atoms with Crippen LogP contribution in [0.25, 0.3) is 0 Å². The fourth-order valence-electron chi connectivity index (χ4n) is 0.814. The zero-order valence-corrected chi connectivity index (χ0v) is 8.97. The third-order valence-electron chi connectivity index (χ3n) is 1.55. The smallest absolute Gasteiger partial charge is 0.330 e. The van der Waals surface area contributed by atoms with Gasteiger partial charge in [0, 0.05) is 6.08 Å². The number of imide groups is 1. The van der Waals surface area contributed by atoms with Gasteiger partial charge in [-0.1, -0.05) is 13.2 Å². The fraction of sp³-hybridized carbons (Fsp3) is 0.200. The van der Waals surface area contributed by atoms with Crippen LogP contribution in [-0.2, 0) is 23.9 Å². The molecule has 1 unspecified atom stereocenters. The monoisotopic (exact) mass is 240 g/mol. The van der Waals surface area contributed by atoms with Crippen LogP contribution in [0.15, 0.2) is 25.3 Å². The lowest BCUT2D eigenvalue weighted by Gasteiger charge is -2.04. The minimum atomic E-state index is -0.983. The number of carbonyl (C=O) groups is 4. The summed E-state index contributed by atoms with van der Waals surface area (Å²) < 4.78 is 4.55. The van der Waals surface area contributed by atoms with E-state index in [2.05, 4.69) is 23.6 Å². The first-order valence-corrected chi connectivity index (χ1v) is 4.49. The number of hydrogen-bond acceptors (Lipinski definition) is 5. The Bertz CT molecular complexity index is 375. The van der Waals surface area contributed by atoms with Gasteiger partial charge in [0.1, 0.15) is 0 Å². The van der Waals surface area contributed by atoms with Gasteiger partial charge in [-0.05, 0) is 6.08 Å².